The third-order valence-electron chi connectivity index (χ3n) is 3.62. The van der Waals surface area contributed by atoms with Gasteiger partial charge in [-0.2, -0.15) is 0 Å². The van der Waals surface area contributed by atoms with Gasteiger partial charge in [-0.3, -0.25) is 9.59 Å². The number of carbonyl (C=O) groups excluding carboxylic acids is 2. The second kappa shape index (κ2) is 8.11. The number of ether oxygens (including phenoxy) is 2. The molecule has 0 aliphatic carbocycles. The van der Waals surface area contributed by atoms with Crippen molar-refractivity contribution in [2.24, 2.45) is 0 Å². The van der Waals surface area contributed by atoms with Crippen molar-refractivity contribution in [3.05, 3.63) is 58.1 Å². The average molecular weight is 391 g/mol. The minimum atomic E-state index is -0.793. The second-order valence-electron chi connectivity index (χ2n) is 5.46. The van der Waals surface area contributed by atoms with Crippen molar-refractivity contribution in [1.82, 2.24) is 0 Å². The Morgan fingerprint density at radius 1 is 1.08 bits per heavy atom. The highest BCUT2D eigenvalue weighted by Crippen LogP contribution is 2.39. The summed E-state index contributed by atoms with van der Waals surface area (Å²) in [5, 5.41) is 0. The van der Waals surface area contributed by atoms with Crippen LogP contribution in [0.4, 0.5) is 0 Å². The fourth-order valence-corrected chi connectivity index (χ4v) is 3.11. The lowest BCUT2D eigenvalue weighted by Gasteiger charge is -2.17. The van der Waals surface area contributed by atoms with E-state index in [2.05, 4.69) is 15.9 Å². The minimum Gasteiger partial charge on any atom is -0.493 e. The molecular formula is C19H19BrO4. The molecule has 4 nitrogen and oxygen atoms in total. The van der Waals surface area contributed by atoms with Crippen LogP contribution in [0.25, 0.3) is 0 Å². The van der Waals surface area contributed by atoms with Gasteiger partial charge in [0.15, 0.2) is 11.5 Å². The van der Waals surface area contributed by atoms with Crippen LogP contribution in [0.5, 0.6) is 11.5 Å². The maximum Gasteiger partial charge on any atom is 0.175 e. The van der Waals surface area contributed by atoms with Crippen molar-refractivity contribution < 1.29 is 19.1 Å². The largest absolute Gasteiger partial charge is 0.493 e. The zero-order valence-electron chi connectivity index (χ0n) is 13.8. The fraction of sp³-hybridized carbons (Fsp3) is 0.263. The molecule has 24 heavy (non-hydrogen) atoms. The van der Waals surface area contributed by atoms with Crippen molar-refractivity contribution in [3.63, 3.8) is 0 Å². The predicted molar refractivity (Wildman–Crippen MR) is 95.6 cm³/mol. The highest BCUT2D eigenvalue weighted by Gasteiger charge is 2.24. The zero-order valence-corrected chi connectivity index (χ0v) is 15.4. The van der Waals surface area contributed by atoms with Crippen LogP contribution in [0.15, 0.2) is 46.9 Å². The smallest absolute Gasteiger partial charge is 0.175 e. The highest BCUT2D eigenvalue weighted by atomic mass is 79.9. The molecule has 0 aliphatic rings. The number of hydrogen-bond acceptors (Lipinski definition) is 4. The number of halogens is 1. The standard InChI is InChI=1S/C19H19BrO4/c1-12(21)18(13(2)22)15-9-16(20)19(17(10-15)23-3)24-11-14-7-5-4-6-8-14/h4-10,18H,11H2,1-3H3. The molecule has 0 saturated heterocycles. The summed E-state index contributed by atoms with van der Waals surface area (Å²) in [6.07, 6.45) is 0. The summed E-state index contributed by atoms with van der Waals surface area (Å²) in [7, 11) is 1.53. The van der Waals surface area contributed by atoms with Crippen molar-refractivity contribution >= 4 is 27.5 Å². The Hall–Kier alpha value is -2.14. The van der Waals surface area contributed by atoms with Crippen LogP contribution >= 0.6 is 15.9 Å². The van der Waals surface area contributed by atoms with Crippen LogP contribution in [0, 0.1) is 0 Å². The molecule has 2 rings (SSSR count). The Balaban J connectivity index is 2.33. The van der Waals surface area contributed by atoms with Crippen molar-refractivity contribution in [2.45, 2.75) is 26.4 Å². The average Bonchev–Trinajstić information content (AvgIpc) is 2.53. The number of ketones is 2. The van der Waals surface area contributed by atoms with Gasteiger partial charge in [-0.15, -0.1) is 0 Å². The Labute approximate surface area is 149 Å². The number of methoxy groups -OCH3 is 1. The van der Waals surface area contributed by atoms with Crippen LogP contribution in [-0.2, 0) is 16.2 Å². The number of Topliss-reactive ketones (excluding diaryl/α,β-unsaturated/α-hetero) is 2. The van der Waals surface area contributed by atoms with E-state index in [1.54, 1.807) is 12.1 Å². The van der Waals surface area contributed by atoms with E-state index in [0.29, 0.717) is 28.1 Å². The molecule has 126 valence electrons. The SMILES string of the molecule is COc1cc(C(C(C)=O)C(C)=O)cc(Br)c1OCc1ccccc1. The zero-order chi connectivity index (χ0) is 17.7. The summed E-state index contributed by atoms with van der Waals surface area (Å²) >= 11 is 3.45. The molecule has 0 bridgehead atoms. The molecule has 2 aromatic carbocycles. The maximum absolute atomic E-state index is 11.8. The summed E-state index contributed by atoms with van der Waals surface area (Å²) in [5.74, 6) is -0.180. The number of hydrogen-bond donors (Lipinski definition) is 0. The van der Waals surface area contributed by atoms with Crippen LogP contribution in [0.2, 0.25) is 0 Å². The summed E-state index contributed by atoms with van der Waals surface area (Å²) in [6, 6.07) is 13.2. The first-order valence-corrected chi connectivity index (χ1v) is 8.28. The van der Waals surface area contributed by atoms with E-state index < -0.39 is 5.92 Å². The Kier molecular flexibility index (Phi) is 6.15. The highest BCUT2D eigenvalue weighted by molar-refractivity contribution is 9.10. The van der Waals surface area contributed by atoms with E-state index in [0.717, 1.165) is 5.56 Å². The van der Waals surface area contributed by atoms with Crippen LogP contribution in [-0.4, -0.2) is 18.7 Å². The molecule has 0 heterocycles. The van der Waals surface area contributed by atoms with Crippen molar-refractivity contribution in [2.75, 3.05) is 7.11 Å². The van der Waals surface area contributed by atoms with E-state index in [-0.39, 0.29) is 11.6 Å². The van der Waals surface area contributed by atoms with Gasteiger partial charge in [0, 0.05) is 0 Å². The molecule has 2 aromatic rings. The van der Waals surface area contributed by atoms with Crippen LogP contribution in [0.3, 0.4) is 0 Å². The monoisotopic (exact) mass is 390 g/mol. The molecule has 0 saturated carbocycles. The first-order chi connectivity index (χ1) is 11.4. The lowest BCUT2D eigenvalue weighted by Crippen LogP contribution is -2.17. The number of rotatable bonds is 7. The second-order valence-corrected chi connectivity index (χ2v) is 6.32. The molecule has 0 amide bonds. The maximum atomic E-state index is 11.8. The molecule has 0 aromatic heterocycles. The van der Waals surface area contributed by atoms with Gasteiger partial charge in [0.1, 0.15) is 24.1 Å². The normalized spacial score (nSPS) is 10.5. The van der Waals surface area contributed by atoms with Gasteiger partial charge in [0.05, 0.1) is 11.6 Å². The van der Waals surface area contributed by atoms with Crippen molar-refractivity contribution in [3.8, 4) is 11.5 Å². The summed E-state index contributed by atoms with van der Waals surface area (Å²) in [6.45, 7) is 3.20. The fourth-order valence-electron chi connectivity index (χ4n) is 2.53. The molecule has 0 spiro atoms. The Morgan fingerprint density at radius 3 is 2.25 bits per heavy atom. The summed E-state index contributed by atoms with van der Waals surface area (Å²) in [4.78, 5) is 23.6. The lowest BCUT2D eigenvalue weighted by molar-refractivity contribution is -0.126. The van der Waals surface area contributed by atoms with Gasteiger partial charge in [0.25, 0.3) is 0 Å². The Morgan fingerprint density at radius 2 is 1.71 bits per heavy atom. The van der Waals surface area contributed by atoms with Gasteiger partial charge in [-0.1, -0.05) is 30.3 Å². The molecular weight excluding hydrogens is 372 g/mol. The van der Waals surface area contributed by atoms with E-state index in [9.17, 15) is 9.59 Å². The third-order valence-corrected chi connectivity index (χ3v) is 4.21. The third kappa shape index (κ3) is 4.23. The van der Waals surface area contributed by atoms with Gasteiger partial charge in [-0.25, -0.2) is 0 Å². The van der Waals surface area contributed by atoms with Crippen LogP contribution in [0.1, 0.15) is 30.9 Å². The minimum absolute atomic E-state index is 0.200. The van der Waals surface area contributed by atoms with E-state index in [1.807, 2.05) is 30.3 Å². The first kappa shape index (κ1) is 18.2. The summed E-state index contributed by atoms with van der Waals surface area (Å²) in [5.41, 5.74) is 1.62. The first-order valence-electron chi connectivity index (χ1n) is 7.49. The molecule has 0 unspecified atom stereocenters. The molecule has 0 N–H and O–H groups in total. The molecule has 5 heteroatoms. The summed E-state index contributed by atoms with van der Waals surface area (Å²) < 4.78 is 11.9. The number of carbonyl (C=O) groups is 2. The molecule has 0 fully saturated rings. The van der Waals surface area contributed by atoms with Gasteiger partial charge >= 0.3 is 0 Å². The lowest BCUT2D eigenvalue weighted by atomic mass is 9.92. The number of benzene rings is 2. The van der Waals surface area contributed by atoms with E-state index >= 15 is 0 Å². The quantitative estimate of drug-likeness (QED) is 0.661. The molecule has 0 radical (unpaired) electrons. The van der Waals surface area contributed by atoms with Gasteiger partial charge < -0.3 is 9.47 Å². The topological polar surface area (TPSA) is 52.6 Å². The molecule has 0 aliphatic heterocycles. The van der Waals surface area contributed by atoms with Crippen molar-refractivity contribution in [1.29, 1.82) is 0 Å². The molecule has 0 atom stereocenters. The van der Waals surface area contributed by atoms with E-state index in [1.165, 1.54) is 21.0 Å². The predicted octanol–water partition coefficient (Wildman–Crippen LogP) is 4.30. The van der Waals surface area contributed by atoms with Gasteiger partial charge in [0.2, 0.25) is 0 Å². The Bertz CT molecular complexity index is 727. The van der Waals surface area contributed by atoms with Gasteiger partial charge in [-0.05, 0) is 53.0 Å². The van der Waals surface area contributed by atoms with Crippen LogP contribution < -0.4 is 9.47 Å². The van der Waals surface area contributed by atoms with E-state index in [4.69, 9.17) is 9.47 Å².